The van der Waals surface area contributed by atoms with Crippen LogP contribution in [0.15, 0.2) is 48.5 Å². The van der Waals surface area contributed by atoms with E-state index < -0.39 is 4.92 Å². The summed E-state index contributed by atoms with van der Waals surface area (Å²) in [7, 11) is 1.61. The van der Waals surface area contributed by atoms with Crippen molar-refractivity contribution < 1.29 is 9.66 Å². The van der Waals surface area contributed by atoms with Crippen LogP contribution in [0.1, 0.15) is 11.7 Å². The summed E-state index contributed by atoms with van der Waals surface area (Å²) >= 11 is 5.79. The average molecular weight is 307 g/mol. The van der Waals surface area contributed by atoms with Crippen LogP contribution < -0.4 is 5.32 Å². The van der Waals surface area contributed by atoms with E-state index in [0.717, 1.165) is 5.56 Å². The first-order valence-corrected chi connectivity index (χ1v) is 6.75. The first-order chi connectivity index (χ1) is 10.1. The molecular weight excluding hydrogens is 292 g/mol. The molecular formula is C15H15ClN2O3. The number of benzene rings is 2. The molecule has 0 aliphatic rings. The molecule has 0 aliphatic heterocycles. The number of nitrogens with one attached hydrogen (secondary N) is 1. The van der Waals surface area contributed by atoms with Gasteiger partial charge >= 0.3 is 0 Å². The van der Waals surface area contributed by atoms with Crippen LogP contribution in [-0.4, -0.2) is 18.6 Å². The number of ether oxygens (including phenoxy) is 1. The topological polar surface area (TPSA) is 64.4 Å². The molecule has 0 saturated carbocycles. The molecule has 0 saturated heterocycles. The largest absolute Gasteiger partial charge is 0.377 e. The van der Waals surface area contributed by atoms with E-state index in [-0.39, 0.29) is 11.8 Å². The van der Waals surface area contributed by atoms with Gasteiger partial charge in [-0.25, -0.2) is 0 Å². The number of hydrogen-bond acceptors (Lipinski definition) is 4. The van der Waals surface area contributed by atoms with Crippen molar-refractivity contribution in [3.63, 3.8) is 0 Å². The molecule has 0 heterocycles. The highest BCUT2D eigenvalue weighted by Crippen LogP contribution is 2.28. The Morgan fingerprint density at radius 2 is 2.00 bits per heavy atom. The van der Waals surface area contributed by atoms with Gasteiger partial charge in [-0.3, -0.25) is 10.1 Å². The van der Waals surface area contributed by atoms with Crippen molar-refractivity contribution >= 4 is 23.0 Å². The van der Waals surface area contributed by atoms with E-state index >= 15 is 0 Å². The molecule has 0 spiro atoms. The summed E-state index contributed by atoms with van der Waals surface area (Å²) in [5.74, 6) is 0. The van der Waals surface area contributed by atoms with Crippen molar-refractivity contribution in [2.24, 2.45) is 0 Å². The van der Waals surface area contributed by atoms with Crippen molar-refractivity contribution in [2.45, 2.75) is 6.10 Å². The summed E-state index contributed by atoms with van der Waals surface area (Å²) in [4.78, 5) is 10.6. The molecule has 110 valence electrons. The minimum atomic E-state index is -0.460. The van der Waals surface area contributed by atoms with Crippen LogP contribution in [0.5, 0.6) is 0 Å². The second kappa shape index (κ2) is 7.06. The summed E-state index contributed by atoms with van der Waals surface area (Å²) in [5, 5.41) is 14.4. The highest BCUT2D eigenvalue weighted by molar-refractivity contribution is 6.30. The lowest BCUT2D eigenvalue weighted by Crippen LogP contribution is -2.15. The van der Waals surface area contributed by atoms with E-state index in [1.54, 1.807) is 19.2 Å². The Kier molecular flexibility index (Phi) is 5.14. The number of anilines is 1. The SMILES string of the molecule is COC(CNc1ccc(Cl)cc1[N+](=O)[O-])c1ccccc1. The fraction of sp³-hybridized carbons (Fsp3) is 0.200. The zero-order valence-corrected chi connectivity index (χ0v) is 12.2. The van der Waals surface area contributed by atoms with Crippen LogP contribution in [0.25, 0.3) is 0 Å². The van der Waals surface area contributed by atoms with E-state index in [4.69, 9.17) is 16.3 Å². The molecule has 2 rings (SSSR count). The average Bonchev–Trinajstić information content (AvgIpc) is 2.50. The smallest absolute Gasteiger partial charge is 0.293 e. The first kappa shape index (κ1) is 15.3. The first-order valence-electron chi connectivity index (χ1n) is 6.37. The third-order valence-corrected chi connectivity index (χ3v) is 3.33. The van der Waals surface area contributed by atoms with Gasteiger partial charge in [-0.05, 0) is 17.7 Å². The van der Waals surface area contributed by atoms with E-state index in [1.165, 1.54) is 6.07 Å². The van der Waals surface area contributed by atoms with Gasteiger partial charge in [0.1, 0.15) is 5.69 Å². The van der Waals surface area contributed by atoms with Gasteiger partial charge in [0.15, 0.2) is 0 Å². The van der Waals surface area contributed by atoms with Crippen molar-refractivity contribution in [3.05, 3.63) is 69.2 Å². The minimum absolute atomic E-state index is 0.0505. The number of nitro groups is 1. The van der Waals surface area contributed by atoms with Gasteiger partial charge in [0, 0.05) is 24.7 Å². The molecule has 0 amide bonds. The summed E-state index contributed by atoms with van der Waals surface area (Å²) in [6, 6.07) is 14.2. The van der Waals surface area contributed by atoms with Crippen LogP contribution in [0, 0.1) is 10.1 Å². The van der Waals surface area contributed by atoms with Crippen molar-refractivity contribution in [3.8, 4) is 0 Å². The quantitative estimate of drug-likeness (QED) is 0.646. The van der Waals surface area contributed by atoms with Crippen LogP contribution in [-0.2, 0) is 4.74 Å². The molecule has 6 heteroatoms. The van der Waals surface area contributed by atoms with Crippen LogP contribution in [0.2, 0.25) is 5.02 Å². The lowest BCUT2D eigenvalue weighted by molar-refractivity contribution is -0.383. The Labute approximate surface area is 127 Å². The Hall–Kier alpha value is -2.11. The normalized spacial score (nSPS) is 11.9. The number of nitro benzene ring substituents is 1. The molecule has 2 aromatic carbocycles. The highest BCUT2D eigenvalue weighted by atomic mass is 35.5. The fourth-order valence-corrected chi connectivity index (χ4v) is 2.18. The van der Waals surface area contributed by atoms with Crippen LogP contribution in [0.3, 0.4) is 0 Å². The molecule has 0 fully saturated rings. The van der Waals surface area contributed by atoms with Gasteiger partial charge in [-0.2, -0.15) is 0 Å². The summed E-state index contributed by atoms with van der Waals surface area (Å²) in [5.41, 5.74) is 1.37. The molecule has 0 bridgehead atoms. The van der Waals surface area contributed by atoms with E-state index in [0.29, 0.717) is 17.3 Å². The predicted molar refractivity (Wildman–Crippen MR) is 82.8 cm³/mol. The number of nitrogens with zero attached hydrogens (tertiary/aromatic N) is 1. The molecule has 0 radical (unpaired) electrons. The van der Waals surface area contributed by atoms with Crippen molar-refractivity contribution in [2.75, 3.05) is 19.0 Å². The minimum Gasteiger partial charge on any atom is -0.377 e. The predicted octanol–water partition coefficient (Wildman–Crippen LogP) is 4.05. The molecule has 2 aromatic rings. The van der Waals surface area contributed by atoms with Crippen molar-refractivity contribution in [1.29, 1.82) is 0 Å². The second-order valence-corrected chi connectivity index (χ2v) is 4.87. The van der Waals surface area contributed by atoms with Gasteiger partial charge < -0.3 is 10.1 Å². The molecule has 5 nitrogen and oxygen atoms in total. The Morgan fingerprint density at radius 3 is 2.62 bits per heavy atom. The number of rotatable bonds is 6. The van der Waals surface area contributed by atoms with Crippen LogP contribution in [0.4, 0.5) is 11.4 Å². The Balaban J connectivity index is 2.14. The van der Waals surface area contributed by atoms with Gasteiger partial charge in [-0.15, -0.1) is 0 Å². The van der Waals surface area contributed by atoms with E-state index in [1.807, 2.05) is 30.3 Å². The summed E-state index contributed by atoms with van der Waals surface area (Å²) in [6.45, 7) is 0.420. The number of methoxy groups -OCH3 is 1. The second-order valence-electron chi connectivity index (χ2n) is 4.43. The van der Waals surface area contributed by atoms with Gasteiger partial charge in [0.05, 0.1) is 11.0 Å². The molecule has 1 atom stereocenters. The Morgan fingerprint density at radius 1 is 1.29 bits per heavy atom. The Bertz CT molecular complexity index is 620. The molecule has 21 heavy (non-hydrogen) atoms. The zero-order valence-electron chi connectivity index (χ0n) is 11.5. The van der Waals surface area contributed by atoms with Crippen LogP contribution >= 0.6 is 11.6 Å². The summed E-state index contributed by atoms with van der Waals surface area (Å²) in [6.07, 6.45) is -0.193. The maximum atomic E-state index is 11.0. The summed E-state index contributed by atoms with van der Waals surface area (Å²) < 4.78 is 5.42. The zero-order chi connectivity index (χ0) is 15.2. The van der Waals surface area contributed by atoms with Crippen molar-refractivity contribution in [1.82, 2.24) is 0 Å². The van der Waals surface area contributed by atoms with Gasteiger partial charge in [0.25, 0.3) is 5.69 Å². The third-order valence-electron chi connectivity index (χ3n) is 3.09. The van der Waals surface area contributed by atoms with Gasteiger partial charge in [-0.1, -0.05) is 41.9 Å². The lowest BCUT2D eigenvalue weighted by atomic mass is 10.1. The lowest BCUT2D eigenvalue weighted by Gasteiger charge is -2.17. The molecule has 1 N–H and O–H groups in total. The molecule has 0 aromatic heterocycles. The fourth-order valence-electron chi connectivity index (χ4n) is 2.01. The number of halogens is 1. The molecule has 1 unspecified atom stereocenters. The standard InChI is InChI=1S/C15H15ClN2O3/c1-21-15(11-5-3-2-4-6-11)10-17-13-8-7-12(16)9-14(13)18(19)20/h2-9,15,17H,10H2,1H3. The molecule has 0 aliphatic carbocycles. The van der Waals surface area contributed by atoms with Gasteiger partial charge in [0.2, 0.25) is 0 Å². The highest BCUT2D eigenvalue weighted by Gasteiger charge is 2.16. The third kappa shape index (κ3) is 3.93. The van der Waals surface area contributed by atoms with E-state index in [9.17, 15) is 10.1 Å². The number of hydrogen-bond donors (Lipinski definition) is 1. The maximum absolute atomic E-state index is 11.0. The maximum Gasteiger partial charge on any atom is 0.293 e. The van der Waals surface area contributed by atoms with E-state index in [2.05, 4.69) is 5.32 Å². The monoisotopic (exact) mass is 306 g/mol.